The Labute approximate surface area is 233 Å². The van der Waals surface area contributed by atoms with Crippen LogP contribution in [0, 0.1) is 6.92 Å². The molecule has 9 heteroatoms. The van der Waals surface area contributed by atoms with E-state index in [9.17, 15) is 18.0 Å². The van der Waals surface area contributed by atoms with Gasteiger partial charge in [0.15, 0.2) is 0 Å². The molecule has 212 valence electrons. The van der Waals surface area contributed by atoms with Gasteiger partial charge in [-0.2, -0.15) is 0 Å². The van der Waals surface area contributed by atoms with Crippen LogP contribution in [0.2, 0.25) is 0 Å². The van der Waals surface area contributed by atoms with Crippen molar-refractivity contribution in [2.24, 2.45) is 0 Å². The van der Waals surface area contributed by atoms with E-state index < -0.39 is 6.36 Å². The molecule has 2 aromatic carbocycles. The molecule has 0 bridgehead atoms. The summed E-state index contributed by atoms with van der Waals surface area (Å²) in [6.45, 7) is 6.67. The van der Waals surface area contributed by atoms with Crippen molar-refractivity contribution in [3.63, 3.8) is 0 Å². The lowest BCUT2D eigenvalue weighted by Gasteiger charge is -2.32. The predicted molar refractivity (Wildman–Crippen MR) is 149 cm³/mol. The lowest BCUT2D eigenvalue weighted by molar-refractivity contribution is -0.274. The molecule has 2 fully saturated rings. The van der Waals surface area contributed by atoms with Gasteiger partial charge >= 0.3 is 6.36 Å². The largest absolute Gasteiger partial charge is 0.573 e. The summed E-state index contributed by atoms with van der Waals surface area (Å²) in [5.74, 6) is 0.656. The highest BCUT2D eigenvalue weighted by Crippen LogP contribution is 2.30. The van der Waals surface area contributed by atoms with Gasteiger partial charge in [0.1, 0.15) is 11.6 Å². The molecule has 0 radical (unpaired) electrons. The number of carbonyl (C=O) groups is 1. The zero-order valence-electron chi connectivity index (χ0n) is 22.7. The highest BCUT2D eigenvalue weighted by Gasteiger charge is 2.31. The molecular formula is C31H35F3N4O2. The third-order valence-corrected chi connectivity index (χ3v) is 7.80. The van der Waals surface area contributed by atoms with Crippen LogP contribution in [0.25, 0.3) is 11.1 Å². The number of likely N-dealkylation sites (tertiary alicyclic amines) is 1. The Morgan fingerprint density at radius 3 is 2.35 bits per heavy atom. The number of ether oxygens (including phenoxy) is 1. The Bertz CT molecular complexity index is 1280. The normalized spacial score (nSPS) is 17.1. The van der Waals surface area contributed by atoms with Crippen molar-refractivity contribution in [2.45, 2.75) is 58.0 Å². The number of piperidine rings is 2. The van der Waals surface area contributed by atoms with E-state index in [1.165, 1.54) is 37.0 Å². The number of nitrogens with one attached hydrogen (secondary N) is 1. The van der Waals surface area contributed by atoms with Crippen molar-refractivity contribution in [2.75, 3.05) is 31.1 Å². The van der Waals surface area contributed by atoms with E-state index in [0.29, 0.717) is 11.1 Å². The molecule has 1 aromatic heterocycles. The minimum atomic E-state index is -4.74. The molecule has 0 aliphatic carbocycles. The van der Waals surface area contributed by atoms with Crippen molar-refractivity contribution < 1.29 is 22.7 Å². The molecule has 2 saturated heterocycles. The molecule has 3 heterocycles. The lowest BCUT2D eigenvalue weighted by atomic mass is 9.95. The molecule has 3 aromatic rings. The Hall–Kier alpha value is -3.59. The maximum atomic E-state index is 13.2. The third kappa shape index (κ3) is 7.13. The van der Waals surface area contributed by atoms with Crippen LogP contribution in [-0.2, 0) is 6.54 Å². The van der Waals surface area contributed by atoms with Crippen molar-refractivity contribution in [1.29, 1.82) is 0 Å². The number of halogens is 3. The van der Waals surface area contributed by atoms with Crippen LogP contribution in [-0.4, -0.2) is 54.4 Å². The second-order valence-corrected chi connectivity index (χ2v) is 10.6. The highest BCUT2D eigenvalue weighted by molar-refractivity contribution is 5.97. The Morgan fingerprint density at radius 1 is 0.975 bits per heavy atom. The molecule has 0 unspecified atom stereocenters. The molecule has 1 N–H and O–H groups in total. The number of rotatable bonds is 7. The van der Waals surface area contributed by atoms with Gasteiger partial charge in [0.2, 0.25) is 0 Å². The van der Waals surface area contributed by atoms with Crippen LogP contribution in [0.3, 0.4) is 0 Å². The van der Waals surface area contributed by atoms with Crippen molar-refractivity contribution in [3.05, 3.63) is 77.5 Å². The molecule has 2 aliphatic heterocycles. The zero-order valence-corrected chi connectivity index (χ0v) is 22.7. The lowest BCUT2D eigenvalue weighted by Crippen LogP contribution is -2.44. The maximum absolute atomic E-state index is 13.2. The summed E-state index contributed by atoms with van der Waals surface area (Å²) in [4.78, 5) is 22.6. The van der Waals surface area contributed by atoms with Crippen molar-refractivity contribution in [1.82, 2.24) is 15.2 Å². The predicted octanol–water partition coefficient (Wildman–Crippen LogP) is 6.34. The van der Waals surface area contributed by atoms with Gasteiger partial charge in [-0.1, -0.05) is 30.3 Å². The molecule has 6 nitrogen and oxygen atoms in total. The number of hydrogen-bond donors (Lipinski definition) is 1. The van der Waals surface area contributed by atoms with Crippen LogP contribution in [0.5, 0.6) is 5.75 Å². The monoisotopic (exact) mass is 552 g/mol. The number of carbonyl (C=O) groups excluding carboxylic acids is 1. The number of nitrogens with zero attached hydrogens (tertiary/aromatic N) is 3. The number of aromatic nitrogens is 1. The minimum absolute atomic E-state index is 0.0882. The van der Waals surface area contributed by atoms with Gasteiger partial charge in [-0.15, -0.1) is 13.2 Å². The van der Waals surface area contributed by atoms with E-state index in [2.05, 4.69) is 32.0 Å². The maximum Gasteiger partial charge on any atom is 0.573 e. The Kier molecular flexibility index (Phi) is 8.59. The summed E-state index contributed by atoms with van der Waals surface area (Å²) in [5, 5.41) is 3.19. The number of anilines is 1. The summed E-state index contributed by atoms with van der Waals surface area (Å²) in [6.07, 6.45) is 2.76. The summed E-state index contributed by atoms with van der Waals surface area (Å²) < 4.78 is 41.4. The van der Waals surface area contributed by atoms with E-state index in [1.54, 1.807) is 24.3 Å². The second-order valence-electron chi connectivity index (χ2n) is 10.6. The van der Waals surface area contributed by atoms with Crippen molar-refractivity contribution in [3.8, 4) is 16.9 Å². The number of pyridine rings is 1. The second kappa shape index (κ2) is 12.3. The van der Waals surface area contributed by atoms with Crippen LogP contribution >= 0.6 is 0 Å². The molecule has 5 rings (SSSR count). The highest BCUT2D eigenvalue weighted by atomic mass is 19.4. The molecule has 1 amide bonds. The Morgan fingerprint density at radius 2 is 1.70 bits per heavy atom. The van der Waals surface area contributed by atoms with Gasteiger partial charge < -0.3 is 15.0 Å². The zero-order chi connectivity index (χ0) is 28.1. The molecule has 0 atom stereocenters. The summed E-state index contributed by atoms with van der Waals surface area (Å²) in [7, 11) is 0. The first-order valence-corrected chi connectivity index (χ1v) is 13.9. The van der Waals surface area contributed by atoms with E-state index in [-0.39, 0.29) is 17.7 Å². The fourth-order valence-electron chi connectivity index (χ4n) is 5.61. The average Bonchev–Trinajstić information content (AvgIpc) is 2.95. The summed E-state index contributed by atoms with van der Waals surface area (Å²) in [6, 6.07) is 15.5. The first-order chi connectivity index (χ1) is 19.2. The molecule has 2 aliphatic rings. The number of amides is 1. The van der Waals surface area contributed by atoms with Gasteiger partial charge in [0.25, 0.3) is 5.91 Å². The SMILES string of the molecule is Cc1c(C(=O)NC2CCN(Cc3ccc(N4CCCCC4)nc3)CC2)cccc1-c1ccc(OC(F)(F)F)cc1. The van der Waals surface area contributed by atoms with Crippen LogP contribution < -0.4 is 15.0 Å². The average molecular weight is 553 g/mol. The van der Waals surface area contributed by atoms with Gasteiger partial charge in [0.05, 0.1) is 0 Å². The molecular weight excluding hydrogens is 517 g/mol. The first-order valence-electron chi connectivity index (χ1n) is 13.9. The van der Waals surface area contributed by atoms with Crippen LogP contribution in [0.4, 0.5) is 19.0 Å². The van der Waals surface area contributed by atoms with E-state index in [4.69, 9.17) is 4.98 Å². The van der Waals surface area contributed by atoms with Gasteiger partial charge in [-0.25, -0.2) is 4.98 Å². The van der Waals surface area contributed by atoms with Gasteiger partial charge in [-0.05, 0) is 85.5 Å². The van der Waals surface area contributed by atoms with Crippen molar-refractivity contribution >= 4 is 11.7 Å². The number of benzene rings is 2. The van der Waals surface area contributed by atoms with Gasteiger partial charge in [0, 0.05) is 50.5 Å². The van der Waals surface area contributed by atoms with Crippen LogP contribution in [0.15, 0.2) is 60.8 Å². The quantitative estimate of drug-likeness (QED) is 0.371. The Balaban J connectivity index is 1.14. The molecule has 40 heavy (non-hydrogen) atoms. The summed E-state index contributed by atoms with van der Waals surface area (Å²) >= 11 is 0. The molecule has 0 spiro atoms. The fourth-order valence-corrected chi connectivity index (χ4v) is 5.61. The van der Waals surface area contributed by atoms with E-state index >= 15 is 0 Å². The van der Waals surface area contributed by atoms with E-state index in [1.807, 2.05) is 19.2 Å². The number of hydrogen-bond acceptors (Lipinski definition) is 5. The smallest absolute Gasteiger partial charge is 0.406 e. The topological polar surface area (TPSA) is 57.7 Å². The summed E-state index contributed by atoms with van der Waals surface area (Å²) in [5.41, 5.74) is 4.06. The third-order valence-electron chi connectivity index (χ3n) is 7.80. The molecule has 0 saturated carbocycles. The first kappa shape index (κ1) is 28.0. The fraction of sp³-hybridized carbons (Fsp3) is 0.419. The van der Waals surface area contributed by atoms with Crippen LogP contribution in [0.1, 0.15) is 53.6 Å². The van der Waals surface area contributed by atoms with E-state index in [0.717, 1.165) is 62.5 Å². The minimum Gasteiger partial charge on any atom is -0.406 e. The number of alkyl halides is 3. The standard InChI is InChI=1S/C31H35F3N4O2/c1-22-27(24-9-11-26(12-10-24)40-31(32,33)34)6-5-7-28(22)30(39)36-25-14-18-37(19-15-25)21-23-8-13-29(35-20-23)38-16-3-2-4-17-38/h5-13,20,25H,2-4,14-19,21H2,1H3,(H,36,39). The van der Waals surface area contributed by atoms with Gasteiger partial charge in [-0.3, -0.25) is 9.69 Å².